The van der Waals surface area contributed by atoms with Crippen LogP contribution in [0, 0.1) is 0 Å². The number of allylic oxidation sites excluding steroid dienone is 3. The minimum absolute atomic E-state index is 0.124. The van der Waals surface area contributed by atoms with E-state index >= 15 is 0 Å². The summed E-state index contributed by atoms with van der Waals surface area (Å²) in [5.41, 5.74) is 0. The number of hydrogen-bond acceptors (Lipinski definition) is 2. The molecule has 0 N–H and O–H groups in total. The molecule has 0 aromatic rings. The molecule has 0 saturated heterocycles. The molecule has 0 bridgehead atoms. The van der Waals surface area contributed by atoms with Crippen LogP contribution in [0.2, 0.25) is 0 Å². The van der Waals surface area contributed by atoms with Crippen molar-refractivity contribution in [3.63, 3.8) is 0 Å². The second-order valence-electron chi connectivity index (χ2n) is 2.34. The van der Waals surface area contributed by atoms with Gasteiger partial charge < -0.3 is 4.74 Å². The van der Waals surface area contributed by atoms with Gasteiger partial charge in [-0.2, -0.15) is 0 Å². The van der Waals surface area contributed by atoms with Gasteiger partial charge in [-0.25, -0.2) is 0 Å². The summed E-state index contributed by atoms with van der Waals surface area (Å²) in [5, 5.41) is 0. The highest BCUT2D eigenvalue weighted by Crippen LogP contribution is 1.95. The molecule has 0 aliphatic rings. The number of hydrogen-bond donors (Lipinski definition) is 0. The van der Waals surface area contributed by atoms with Crippen molar-refractivity contribution in [2.45, 2.75) is 26.2 Å². The third-order valence-corrected chi connectivity index (χ3v) is 1.29. The maximum atomic E-state index is 10.8. The van der Waals surface area contributed by atoms with Gasteiger partial charge in [0.15, 0.2) is 0 Å². The van der Waals surface area contributed by atoms with Crippen molar-refractivity contribution in [1.29, 1.82) is 0 Å². The van der Waals surface area contributed by atoms with Crippen molar-refractivity contribution >= 4 is 5.97 Å². The largest absolute Gasteiger partial charge is 0.466 e. The van der Waals surface area contributed by atoms with Crippen molar-refractivity contribution < 1.29 is 9.53 Å². The van der Waals surface area contributed by atoms with Gasteiger partial charge in [0.25, 0.3) is 0 Å². The Morgan fingerprint density at radius 3 is 2.83 bits per heavy atom. The van der Waals surface area contributed by atoms with Gasteiger partial charge in [-0.1, -0.05) is 18.2 Å². The van der Waals surface area contributed by atoms with Gasteiger partial charge in [-0.3, -0.25) is 4.79 Å². The quantitative estimate of drug-likeness (QED) is 0.450. The van der Waals surface area contributed by atoms with Crippen LogP contribution < -0.4 is 0 Å². The van der Waals surface area contributed by atoms with E-state index in [0.29, 0.717) is 13.0 Å². The number of ether oxygens (including phenoxy) is 1. The van der Waals surface area contributed by atoms with E-state index < -0.39 is 0 Å². The van der Waals surface area contributed by atoms with Crippen molar-refractivity contribution in [2.75, 3.05) is 6.61 Å². The summed E-state index contributed by atoms with van der Waals surface area (Å²) >= 11 is 0. The fourth-order valence-electron chi connectivity index (χ4n) is 0.745. The Bertz CT molecular complexity index is 159. The Labute approximate surface area is 73.9 Å². The molecule has 0 rings (SSSR count). The van der Waals surface area contributed by atoms with E-state index in [1.54, 1.807) is 0 Å². The molecule has 68 valence electrons. The summed E-state index contributed by atoms with van der Waals surface area (Å²) < 4.78 is 4.76. The molecule has 0 aromatic heterocycles. The van der Waals surface area contributed by atoms with Crippen molar-refractivity contribution in [1.82, 2.24) is 0 Å². The molecule has 0 amide bonds. The molecule has 0 fully saturated rings. The highest BCUT2D eigenvalue weighted by molar-refractivity contribution is 5.69. The summed E-state index contributed by atoms with van der Waals surface area (Å²) in [6.07, 6.45) is 7.88. The summed E-state index contributed by atoms with van der Waals surface area (Å²) in [5.74, 6) is -0.124. The average Bonchev–Trinajstić information content (AvgIpc) is 2.05. The average molecular weight is 168 g/mol. The van der Waals surface area contributed by atoms with Crippen LogP contribution in [0.25, 0.3) is 0 Å². The first-order valence-corrected chi connectivity index (χ1v) is 4.22. The fourth-order valence-corrected chi connectivity index (χ4v) is 0.745. The predicted molar refractivity (Wildman–Crippen MR) is 49.8 cm³/mol. The predicted octanol–water partition coefficient (Wildman–Crippen LogP) is 2.46. The highest BCUT2D eigenvalue weighted by atomic mass is 16.5. The minimum atomic E-state index is -0.124. The third-order valence-electron chi connectivity index (χ3n) is 1.29. The lowest BCUT2D eigenvalue weighted by Gasteiger charge is -1.97. The van der Waals surface area contributed by atoms with E-state index in [4.69, 9.17) is 4.74 Å². The van der Waals surface area contributed by atoms with Crippen molar-refractivity contribution in [3.8, 4) is 0 Å². The molecule has 0 aromatic carbocycles. The van der Waals surface area contributed by atoms with E-state index in [1.165, 1.54) is 0 Å². The Kier molecular flexibility index (Phi) is 7.35. The molecule has 0 spiro atoms. The van der Waals surface area contributed by atoms with Crippen LogP contribution >= 0.6 is 0 Å². The first kappa shape index (κ1) is 11.0. The van der Waals surface area contributed by atoms with Gasteiger partial charge >= 0.3 is 5.97 Å². The van der Waals surface area contributed by atoms with Crippen LogP contribution in [0.1, 0.15) is 26.2 Å². The smallest absolute Gasteiger partial charge is 0.306 e. The first-order valence-electron chi connectivity index (χ1n) is 4.22. The van der Waals surface area contributed by atoms with Gasteiger partial charge in [0.05, 0.1) is 6.61 Å². The molecular formula is C10H16O2. The fraction of sp³-hybridized carbons (Fsp3) is 0.500. The zero-order chi connectivity index (χ0) is 9.23. The number of rotatable bonds is 6. The standard InChI is InChI=1S/C10H16O2/c1-3-5-6-7-8-9-10(11)12-4-2/h3,6-7H,1,4-5,8-9H2,2H3/b7-6+. The van der Waals surface area contributed by atoms with Crippen molar-refractivity contribution in [2.24, 2.45) is 0 Å². The monoisotopic (exact) mass is 168 g/mol. The summed E-state index contributed by atoms with van der Waals surface area (Å²) in [6.45, 7) is 5.86. The first-order chi connectivity index (χ1) is 5.81. The van der Waals surface area contributed by atoms with Gasteiger partial charge in [0.2, 0.25) is 0 Å². The molecule has 0 atom stereocenters. The second kappa shape index (κ2) is 8.05. The lowest BCUT2D eigenvalue weighted by molar-refractivity contribution is -0.142. The van der Waals surface area contributed by atoms with E-state index in [1.807, 2.05) is 25.2 Å². The Morgan fingerprint density at radius 2 is 2.25 bits per heavy atom. The lowest BCUT2D eigenvalue weighted by Crippen LogP contribution is -2.02. The van der Waals surface area contributed by atoms with Crippen LogP contribution in [0.4, 0.5) is 0 Å². The molecule has 0 heterocycles. The molecule has 0 unspecified atom stereocenters. The highest BCUT2D eigenvalue weighted by Gasteiger charge is 1.97. The molecule has 0 aliphatic heterocycles. The Balaban J connectivity index is 3.29. The normalized spacial score (nSPS) is 10.1. The zero-order valence-electron chi connectivity index (χ0n) is 7.58. The molecule has 12 heavy (non-hydrogen) atoms. The number of carbonyl (C=O) groups excluding carboxylic acids is 1. The topological polar surface area (TPSA) is 26.3 Å². The molecular weight excluding hydrogens is 152 g/mol. The van der Waals surface area contributed by atoms with Gasteiger partial charge in [0, 0.05) is 6.42 Å². The molecule has 2 heteroatoms. The molecule has 2 nitrogen and oxygen atoms in total. The van der Waals surface area contributed by atoms with Gasteiger partial charge in [-0.05, 0) is 19.8 Å². The maximum Gasteiger partial charge on any atom is 0.306 e. The van der Waals surface area contributed by atoms with E-state index in [9.17, 15) is 4.79 Å². The van der Waals surface area contributed by atoms with E-state index in [-0.39, 0.29) is 5.97 Å². The van der Waals surface area contributed by atoms with Crippen molar-refractivity contribution in [3.05, 3.63) is 24.8 Å². The molecule has 0 aliphatic carbocycles. The van der Waals surface area contributed by atoms with E-state index in [0.717, 1.165) is 12.8 Å². The van der Waals surface area contributed by atoms with Crippen LogP contribution in [-0.2, 0) is 9.53 Å². The summed E-state index contributed by atoms with van der Waals surface area (Å²) in [6, 6.07) is 0. The third kappa shape index (κ3) is 7.06. The number of carbonyl (C=O) groups is 1. The lowest BCUT2D eigenvalue weighted by atomic mass is 10.2. The Morgan fingerprint density at radius 1 is 1.50 bits per heavy atom. The summed E-state index contributed by atoms with van der Waals surface area (Å²) in [4.78, 5) is 10.8. The zero-order valence-corrected chi connectivity index (χ0v) is 7.58. The van der Waals surface area contributed by atoms with Gasteiger partial charge in [-0.15, -0.1) is 6.58 Å². The van der Waals surface area contributed by atoms with Crippen LogP contribution in [-0.4, -0.2) is 12.6 Å². The second-order valence-corrected chi connectivity index (χ2v) is 2.34. The Hall–Kier alpha value is -1.05. The van der Waals surface area contributed by atoms with Gasteiger partial charge in [0.1, 0.15) is 0 Å². The minimum Gasteiger partial charge on any atom is -0.466 e. The molecule has 0 radical (unpaired) electrons. The maximum absolute atomic E-state index is 10.8. The van der Waals surface area contributed by atoms with Crippen LogP contribution in [0.15, 0.2) is 24.8 Å². The van der Waals surface area contributed by atoms with E-state index in [2.05, 4.69) is 6.58 Å². The van der Waals surface area contributed by atoms with Crippen LogP contribution in [0.5, 0.6) is 0 Å². The number of esters is 1. The van der Waals surface area contributed by atoms with Crippen LogP contribution in [0.3, 0.4) is 0 Å². The molecule has 0 saturated carbocycles. The summed E-state index contributed by atoms with van der Waals surface area (Å²) in [7, 11) is 0. The SMILES string of the molecule is C=CC/C=C/CCC(=O)OCC.